The van der Waals surface area contributed by atoms with E-state index in [-0.39, 0.29) is 18.5 Å². The van der Waals surface area contributed by atoms with Crippen LogP contribution in [0, 0.1) is 0 Å². The molecule has 1 N–H and O–H groups in total. The van der Waals surface area contributed by atoms with Gasteiger partial charge in [-0.1, -0.05) is 31.4 Å². The fourth-order valence-corrected chi connectivity index (χ4v) is 3.88. The zero-order valence-electron chi connectivity index (χ0n) is 15.6. The SMILES string of the molecule is CNC(=S)N(C(=O)C(CN=S(=O)=O)c1ccc(OC)cc1)C1CCCCC1. The third-order valence-electron chi connectivity index (χ3n) is 4.79. The lowest BCUT2D eigenvalue weighted by Crippen LogP contribution is -2.51. The zero-order valence-corrected chi connectivity index (χ0v) is 17.2. The van der Waals surface area contributed by atoms with Gasteiger partial charge in [-0.05, 0) is 42.8 Å². The number of carbonyl (C=O) groups excluding carboxylic acids is 1. The molecule has 0 heterocycles. The van der Waals surface area contributed by atoms with Gasteiger partial charge >= 0.3 is 10.5 Å². The molecule has 1 aliphatic rings. The number of nitrogens with one attached hydrogen (secondary N) is 1. The Kier molecular flexibility index (Phi) is 8.18. The van der Waals surface area contributed by atoms with E-state index in [1.165, 1.54) is 0 Å². The van der Waals surface area contributed by atoms with Crippen LogP contribution in [-0.2, 0) is 15.3 Å². The lowest BCUT2D eigenvalue weighted by atomic mass is 9.91. The molecule has 0 aliphatic heterocycles. The molecule has 1 aromatic carbocycles. The van der Waals surface area contributed by atoms with Crippen LogP contribution in [0.3, 0.4) is 0 Å². The summed E-state index contributed by atoms with van der Waals surface area (Å²) in [5, 5.41) is 3.25. The minimum atomic E-state index is -2.58. The molecule has 1 atom stereocenters. The van der Waals surface area contributed by atoms with Gasteiger partial charge in [-0.2, -0.15) is 12.8 Å². The highest BCUT2D eigenvalue weighted by molar-refractivity contribution is 7.80. The van der Waals surface area contributed by atoms with E-state index in [4.69, 9.17) is 17.0 Å². The van der Waals surface area contributed by atoms with Crippen LogP contribution < -0.4 is 10.1 Å². The topological polar surface area (TPSA) is 88.1 Å². The summed E-state index contributed by atoms with van der Waals surface area (Å²) in [6.45, 7) is -0.156. The van der Waals surface area contributed by atoms with E-state index < -0.39 is 16.4 Å². The number of carbonyl (C=O) groups is 1. The molecular weight excluding hydrogens is 386 g/mol. The Hall–Kier alpha value is -2.00. The average Bonchev–Trinajstić information content (AvgIpc) is 2.69. The van der Waals surface area contributed by atoms with Crippen molar-refractivity contribution in [3.63, 3.8) is 0 Å². The minimum Gasteiger partial charge on any atom is -0.497 e. The van der Waals surface area contributed by atoms with Crippen LogP contribution in [-0.4, -0.2) is 51.1 Å². The lowest BCUT2D eigenvalue weighted by molar-refractivity contribution is -0.130. The number of thiocarbonyl (C=S) groups is 1. The predicted molar refractivity (Wildman–Crippen MR) is 107 cm³/mol. The van der Waals surface area contributed by atoms with E-state index in [0.717, 1.165) is 32.1 Å². The molecule has 0 spiro atoms. The van der Waals surface area contributed by atoms with Crippen molar-refractivity contribution in [2.45, 2.75) is 44.1 Å². The highest BCUT2D eigenvalue weighted by Gasteiger charge is 2.33. The monoisotopic (exact) mass is 411 g/mol. The Morgan fingerprint density at radius 2 is 1.93 bits per heavy atom. The van der Waals surface area contributed by atoms with E-state index >= 15 is 0 Å². The Morgan fingerprint density at radius 1 is 1.30 bits per heavy atom. The Bertz CT molecular complexity index is 779. The number of hydrogen-bond donors (Lipinski definition) is 1. The molecule has 0 saturated heterocycles. The zero-order chi connectivity index (χ0) is 19.8. The molecule has 0 aromatic heterocycles. The van der Waals surface area contributed by atoms with Crippen molar-refractivity contribution in [1.29, 1.82) is 0 Å². The largest absolute Gasteiger partial charge is 0.497 e. The summed E-state index contributed by atoms with van der Waals surface area (Å²) >= 11 is 5.40. The van der Waals surface area contributed by atoms with Crippen LogP contribution in [0.1, 0.15) is 43.6 Å². The summed E-state index contributed by atoms with van der Waals surface area (Å²) in [6, 6.07) is 7.01. The molecule has 1 unspecified atom stereocenters. The van der Waals surface area contributed by atoms with Crippen LogP contribution in [0.25, 0.3) is 0 Å². The summed E-state index contributed by atoms with van der Waals surface area (Å²) in [5.74, 6) is -0.313. The molecule has 1 amide bonds. The number of hydrogen-bond acceptors (Lipinski definition) is 6. The van der Waals surface area contributed by atoms with Gasteiger partial charge in [0.25, 0.3) is 0 Å². The van der Waals surface area contributed by atoms with E-state index in [2.05, 4.69) is 9.68 Å². The minimum absolute atomic E-state index is 0.0182. The van der Waals surface area contributed by atoms with Crippen molar-refractivity contribution in [3.05, 3.63) is 29.8 Å². The number of amides is 1. The van der Waals surface area contributed by atoms with Crippen LogP contribution in [0.15, 0.2) is 28.6 Å². The fraction of sp³-hybridized carbons (Fsp3) is 0.556. The lowest BCUT2D eigenvalue weighted by Gasteiger charge is -2.36. The third kappa shape index (κ3) is 5.74. The van der Waals surface area contributed by atoms with Gasteiger partial charge in [0.1, 0.15) is 5.75 Å². The first-order chi connectivity index (χ1) is 13.0. The first-order valence-corrected chi connectivity index (χ1v) is 10.4. The van der Waals surface area contributed by atoms with Gasteiger partial charge in [0.15, 0.2) is 5.11 Å². The van der Waals surface area contributed by atoms with Crippen molar-refractivity contribution in [1.82, 2.24) is 10.2 Å². The van der Waals surface area contributed by atoms with Crippen molar-refractivity contribution >= 4 is 33.7 Å². The maximum absolute atomic E-state index is 13.4. The molecular formula is C18H25N3O4S2. The van der Waals surface area contributed by atoms with Gasteiger partial charge < -0.3 is 10.1 Å². The number of ether oxygens (including phenoxy) is 1. The molecule has 0 bridgehead atoms. The number of benzene rings is 1. The summed E-state index contributed by atoms with van der Waals surface area (Å²) in [7, 11) is 0.663. The van der Waals surface area contributed by atoms with Crippen LogP contribution in [0.5, 0.6) is 5.75 Å². The maximum atomic E-state index is 13.4. The van der Waals surface area contributed by atoms with Crippen molar-refractivity contribution in [2.24, 2.45) is 4.36 Å². The molecule has 2 rings (SSSR count). The standard InChI is InChI=1S/C18H25N3O4S2/c1-19-18(26)21(14-6-4-3-5-7-14)17(22)16(12-20-27(23)24)13-8-10-15(25-2)11-9-13/h8-11,14,16H,3-7,12H2,1-2H3,(H,19,26). The Balaban J connectivity index is 2.38. The van der Waals surface area contributed by atoms with Gasteiger partial charge in [0.05, 0.1) is 19.6 Å². The quantitative estimate of drug-likeness (QED) is 0.724. The van der Waals surface area contributed by atoms with Crippen LogP contribution in [0.4, 0.5) is 0 Å². The Labute approximate surface area is 166 Å². The summed E-state index contributed by atoms with van der Waals surface area (Å²) in [5.41, 5.74) is 0.676. The smallest absolute Gasteiger partial charge is 0.311 e. The normalized spacial score (nSPS) is 15.5. The molecule has 0 radical (unpaired) electrons. The summed E-state index contributed by atoms with van der Waals surface area (Å²) in [4.78, 5) is 15.0. The van der Waals surface area contributed by atoms with Crippen LogP contribution in [0.2, 0.25) is 0 Å². The summed E-state index contributed by atoms with van der Waals surface area (Å²) in [6.07, 6.45) is 5.00. The molecule has 27 heavy (non-hydrogen) atoms. The van der Waals surface area contributed by atoms with Gasteiger partial charge in [0.2, 0.25) is 5.91 Å². The number of rotatable bonds is 6. The molecule has 1 aromatic rings. The van der Waals surface area contributed by atoms with E-state index in [1.54, 1.807) is 43.3 Å². The molecule has 7 nitrogen and oxygen atoms in total. The van der Waals surface area contributed by atoms with E-state index in [1.807, 2.05) is 0 Å². The molecule has 1 saturated carbocycles. The van der Waals surface area contributed by atoms with Crippen molar-refractivity contribution in [3.8, 4) is 5.75 Å². The van der Waals surface area contributed by atoms with E-state index in [0.29, 0.717) is 16.4 Å². The second-order valence-electron chi connectivity index (χ2n) is 6.41. The maximum Gasteiger partial charge on any atom is 0.311 e. The predicted octanol–water partition coefficient (Wildman–Crippen LogP) is 2.51. The second-order valence-corrected chi connectivity index (χ2v) is 7.49. The molecule has 1 aliphatic carbocycles. The molecule has 148 valence electrons. The van der Waals surface area contributed by atoms with Gasteiger partial charge in [-0.3, -0.25) is 9.69 Å². The van der Waals surface area contributed by atoms with Gasteiger partial charge in [-0.25, -0.2) is 0 Å². The highest BCUT2D eigenvalue weighted by Crippen LogP contribution is 2.28. The van der Waals surface area contributed by atoms with Crippen molar-refractivity contribution < 1.29 is 17.9 Å². The fourth-order valence-electron chi connectivity index (χ4n) is 3.37. The van der Waals surface area contributed by atoms with Gasteiger partial charge in [-0.15, -0.1) is 0 Å². The molecule has 9 heteroatoms. The van der Waals surface area contributed by atoms with Gasteiger partial charge in [0, 0.05) is 13.1 Å². The first-order valence-electron chi connectivity index (χ1n) is 8.93. The highest BCUT2D eigenvalue weighted by atomic mass is 32.2. The van der Waals surface area contributed by atoms with Crippen LogP contribution >= 0.6 is 12.2 Å². The Morgan fingerprint density at radius 3 is 2.44 bits per heavy atom. The third-order valence-corrected chi connectivity index (χ3v) is 5.55. The van der Waals surface area contributed by atoms with Crippen molar-refractivity contribution in [2.75, 3.05) is 20.7 Å². The number of nitrogens with zero attached hydrogens (tertiary/aromatic N) is 2. The average molecular weight is 412 g/mol. The number of methoxy groups -OCH3 is 1. The second kappa shape index (κ2) is 10.4. The summed E-state index contributed by atoms with van der Waals surface area (Å²) < 4.78 is 30.6. The van der Waals surface area contributed by atoms with E-state index in [9.17, 15) is 13.2 Å². The molecule has 1 fully saturated rings. The first kappa shape index (κ1) is 21.3.